The van der Waals surface area contributed by atoms with E-state index >= 15 is 0 Å². The van der Waals surface area contributed by atoms with Gasteiger partial charge in [0.05, 0.1) is 6.10 Å². The third kappa shape index (κ3) is 21.2. The first kappa shape index (κ1) is 26.9. The van der Waals surface area contributed by atoms with Crippen LogP contribution in [0.5, 0.6) is 0 Å². The van der Waals surface area contributed by atoms with Crippen molar-refractivity contribution in [2.24, 2.45) is 0 Å². The largest absolute Gasteiger partial charge is 0.462 e. The lowest BCUT2D eigenvalue weighted by Gasteiger charge is -2.12. The Balaban J connectivity index is 3.27. The van der Waals surface area contributed by atoms with Crippen LogP contribution in [0.1, 0.15) is 103 Å². The molecule has 0 bridgehead atoms. The average Bonchev–Trinajstić information content (AvgIpc) is 2.58. The van der Waals surface area contributed by atoms with Crippen molar-refractivity contribution in [3.05, 3.63) is 0 Å². The molecule has 0 heterocycles. The van der Waals surface area contributed by atoms with Gasteiger partial charge in [-0.3, -0.25) is 4.79 Å². The highest BCUT2D eigenvalue weighted by molar-refractivity contribution is 9.39. The van der Waals surface area contributed by atoms with E-state index in [0.29, 0.717) is 6.42 Å². The summed E-state index contributed by atoms with van der Waals surface area (Å²) in [5, 5.41) is 9.93. The molecule has 0 radical (unpaired) electrons. The molecule has 0 aromatic carbocycles. The zero-order valence-corrected chi connectivity index (χ0v) is 21.0. The van der Waals surface area contributed by atoms with Gasteiger partial charge >= 0.3 is 5.97 Å². The highest BCUT2D eigenvalue weighted by atomic mass is 80.0. The number of halogens is 3. The molecule has 3 nitrogen and oxygen atoms in total. The van der Waals surface area contributed by atoms with E-state index in [2.05, 4.69) is 54.7 Å². The Kier molecular flexibility index (Phi) is 18.5. The first-order valence-electron chi connectivity index (χ1n) is 10.3. The summed E-state index contributed by atoms with van der Waals surface area (Å²) in [4.78, 5) is 11.5. The number of carbonyl (C=O) groups excluding carboxylic acids is 1. The molecule has 0 aliphatic rings. The minimum atomic E-state index is -0.506. The molecule has 156 valence electrons. The molecule has 0 fully saturated rings. The fourth-order valence-corrected chi connectivity index (χ4v) is 3.24. The van der Waals surface area contributed by atoms with Crippen LogP contribution in [0.2, 0.25) is 0 Å². The molecule has 0 aliphatic carbocycles. The molecule has 0 amide bonds. The predicted molar refractivity (Wildman–Crippen MR) is 121 cm³/mol. The molecule has 0 aliphatic heterocycles. The van der Waals surface area contributed by atoms with Crippen LogP contribution in [-0.2, 0) is 9.53 Å². The van der Waals surface area contributed by atoms with Gasteiger partial charge in [-0.25, -0.2) is 0 Å². The lowest BCUT2D eigenvalue weighted by Crippen LogP contribution is -2.15. The molecule has 0 aromatic heterocycles. The predicted octanol–water partition coefficient (Wildman–Crippen LogP) is 7.60. The van der Waals surface area contributed by atoms with Crippen LogP contribution in [0.3, 0.4) is 0 Å². The SMILES string of the molecule is CCCCCCC(O)CCCCCCCCCCC(=O)OCC(Br)(Br)Br. The van der Waals surface area contributed by atoms with E-state index in [1.54, 1.807) is 0 Å². The molecule has 0 spiro atoms. The summed E-state index contributed by atoms with van der Waals surface area (Å²) < 4.78 is 4.63. The van der Waals surface area contributed by atoms with Crippen LogP contribution in [0, 0.1) is 0 Å². The second kappa shape index (κ2) is 17.9. The zero-order valence-electron chi connectivity index (χ0n) is 16.3. The van der Waals surface area contributed by atoms with E-state index in [1.165, 1.54) is 57.8 Å². The number of alkyl halides is 3. The Bertz CT molecular complexity index is 333. The maximum absolute atomic E-state index is 11.5. The highest BCUT2D eigenvalue weighted by Gasteiger charge is 2.19. The zero-order chi connectivity index (χ0) is 19.7. The number of ether oxygens (including phenoxy) is 1. The van der Waals surface area contributed by atoms with Gasteiger partial charge in [0.15, 0.2) is 2.14 Å². The maximum Gasteiger partial charge on any atom is 0.305 e. The van der Waals surface area contributed by atoms with Crippen LogP contribution in [0.25, 0.3) is 0 Å². The third-order valence-corrected chi connectivity index (χ3v) is 5.14. The van der Waals surface area contributed by atoms with Crippen molar-refractivity contribution in [3.63, 3.8) is 0 Å². The molecule has 0 saturated carbocycles. The topological polar surface area (TPSA) is 46.5 Å². The van der Waals surface area contributed by atoms with Crippen molar-refractivity contribution in [1.29, 1.82) is 0 Å². The molecule has 0 saturated heterocycles. The Morgan fingerprint density at radius 1 is 0.846 bits per heavy atom. The van der Waals surface area contributed by atoms with Crippen LogP contribution >= 0.6 is 47.8 Å². The Labute approximate surface area is 185 Å². The quantitative estimate of drug-likeness (QED) is 0.112. The van der Waals surface area contributed by atoms with Crippen LogP contribution < -0.4 is 0 Å². The van der Waals surface area contributed by atoms with Crippen molar-refractivity contribution >= 4 is 53.8 Å². The summed E-state index contributed by atoms with van der Waals surface area (Å²) in [5.74, 6) is -0.138. The number of esters is 1. The molecule has 1 unspecified atom stereocenters. The lowest BCUT2D eigenvalue weighted by atomic mass is 10.0. The third-order valence-electron chi connectivity index (χ3n) is 4.46. The number of rotatable bonds is 17. The van der Waals surface area contributed by atoms with Gasteiger partial charge in [-0.1, -0.05) is 125 Å². The van der Waals surface area contributed by atoms with Gasteiger partial charge in [0, 0.05) is 6.42 Å². The Morgan fingerprint density at radius 2 is 1.31 bits per heavy atom. The van der Waals surface area contributed by atoms with E-state index in [0.717, 1.165) is 32.1 Å². The summed E-state index contributed by atoms with van der Waals surface area (Å²) in [7, 11) is 0. The first-order valence-corrected chi connectivity index (χ1v) is 12.6. The van der Waals surface area contributed by atoms with E-state index in [9.17, 15) is 9.90 Å². The average molecular weight is 565 g/mol. The normalized spacial score (nSPS) is 13.0. The summed E-state index contributed by atoms with van der Waals surface area (Å²) in [6.07, 6.45) is 16.7. The van der Waals surface area contributed by atoms with Crippen LogP contribution in [0.15, 0.2) is 0 Å². The minimum Gasteiger partial charge on any atom is -0.462 e. The van der Waals surface area contributed by atoms with Crippen molar-refractivity contribution in [2.45, 2.75) is 111 Å². The molecular weight excluding hydrogens is 528 g/mol. The van der Waals surface area contributed by atoms with Crippen LogP contribution in [-0.4, -0.2) is 25.9 Å². The van der Waals surface area contributed by atoms with Crippen LogP contribution in [0.4, 0.5) is 0 Å². The molecule has 26 heavy (non-hydrogen) atoms. The fourth-order valence-electron chi connectivity index (χ4n) is 2.90. The van der Waals surface area contributed by atoms with E-state index in [-0.39, 0.29) is 18.7 Å². The van der Waals surface area contributed by atoms with Gasteiger partial charge in [-0.05, 0) is 19.3 Å². The number of carbonyl (C=O) groups is 1. The van der Waals surface area contributed by atoms with Gasteiger partial charge in [0.1, 0.15) is 6.61 Å². The van der Waals surface area contributed by atoms with E-state index < -0.39 is 2.14 Å². The monoisotopic (exact) mass is 562 g/mol. The molecule has 1 N–H and O–H groups in total. The van der Waals surface area contributed by atoms with E-state index in [4.69, 9.17) is 4.74 Å². The summed E-state index contributed by atoms with van der Waals surface area (Å²) >= 11 is 9.91. The van der Waals surface area contributed by atoms with Crippen molar-refractivity contribution in [2.75, 3.05) is 6.61 Å². The number of unbranched alkanes of at least 4 members (excludes halogenated alkanes) is 10. The van der Waals surface area contributed by atoms with E-state index in [1.807, 2.05) is 0 Å². The molecule has 6 heteroatoms. The molecular formula is C20H37Br3O3. The van der Waals surface area contributed by atoms with Gasteiger partial charge < -0.3 is 9.84 Å². The molecule has 0 rings (SSSR count). The lowest BCUT2D eigenvalue weighted by molar-refractivity contribution is -0.143. The van der Waals surface area contributed by atoms with Crippen molar-refractivity contribution in [3.8, 4) is 0 Å². The maximum atomic E-state index is 11.5. The molecule has 0 aromatic rings. The summed E-state index contributed by atoms with van der Waals surface area (Å²) in [6, 6.07) is 0. The number of aliphatic hydroxyl groups excluding tert-OH is 1. The van der Waals surface area contributed by atoms with Gasteiger partial charge in [-0.15, -0.1) is 0 Å². The first-order chi connectivity index (χ1) is 12.3. The second-order valence-corrected chi connectivity index (χ2v) is 14.4. The summed E-state index contributed by atoms with van der Waals surface area (Å²) in [6.45, 7) is 2.48. The van der Waals surface area contributed by atoms with Gasteiger partial charge in [0.2, 0.25) is 0 Å². The van der Waals surface area contributed by atoms with Crippen molar-refractivity contribution in [1.82, 2.24) is 0 Å². The highest BCUT2D eigenvalue weighted by Crippen LogP contribution is 2.33. The van der Waals surface area contributed by atoms with Crippen molar-refractivity contribution < 1.29 is 14.6 Å². The number of hydrogen-bond acceptors (Lipinski definition) is 3. The standard InChI is InChI=1S/C20H37Br3O3/c1-2-3-4-11-14-18(24)15-12-9-7-5-6-8-10-13-16-19(25)26-17-20(21,22)23/h18,24H,2-17H2,1H3. The Morgan fingerprint density at radius 3 is 1.81 bits per heavy atom. The fraction of sp³-hybridized carbons (Fsp3) is 0.950. The smallest absolute Gasteiger partial charge is 0.305 e. The summed E-state index contributed by atoms with van der Waals surface area (Å²) in [5.41, 5.74) is 0. The van der Waals surface area contributed by atoms with Gasteiger partial charge in [0.25, 0.3) is 0 Å². The number of aliphatic hydroxyl groups is 1. The number of hydrogen-bond donors (Lipinski definition) is 1. The minimum absolute atomic E-state index is 0.0876. The molecule has 1 atom stereocenters. The Hall–Kier alpha value is 0.870. The second-order valence-electron chi connectivity index (χ2n) is 7.15. The van der Waals surface area contributed by atoms with Gasteiger partial charge in [-0.2, -0.15) is 0 Å².